The summed E-state index contributed by atoms with van der Waals surface area (Å²) in [5.41, 5.74) is 0. The molecule has 0 rings (SSSR count). The largest absolute Gasteiger partial charge is 0.405 e. The number of methoxy groups -OCH3 is 1. The fourth-order valence-electron chi connectivity index (χ4n) is 2.00. The maximum absolute atomic E-state index is 12.2. The third kappa shape index (κ3) is 12.8. The van der Waals surface area contributed by atoms with Crippen LogP contribution in [0.4, 0.5) is 13.2 Å². The molecule has 0 aromatic rings. The molecule has 0 aliphatic heterocycles. The minimum absolute atomic E-state index is 0.0470. The zero-order valence-corrected chi connectivity index (χ0v) is 15.6. The maximum Gasteiger partial charge on any atom is 0.405 e. The molecule has 0 saturated heterocycles. The van der Waals surface area contributed by atoms with Gasteiger partial charge in [-0.15, -0.1) is 0 Å². The molecule has 3 N–H and O–H groups in total. The number of ether oxygens (including phenoxy) is 1. The first-order valence-corrected chi connectivity index (χ1v) is 8.40. The van der Waals surface area contributed by atoms with Crippen LogP contribution in [0.5, 0.6) is 0 Å². The van der Waals surface area contributed by atoms with Gasteiger partial charge in [0.15, 0.2) is 0 Å². The van der Waals surface area contributed by atoms with Gasteiger partial charge in [-0.2, -0.15) is 13.2 Å². The molecular weight excluding hydrogens is 371 g/mol. The summed E-state index contributed by atoms with van der Waals surface area (Å²) in [7, 11) is 1.49. The molecule has 0 radical (unpaired) electrons. The van der Waals surface area contributed by atoms with Gasteiger partial charge in [0.1, 0.15) is 12.6 Å². The average molecular weight is 397 g/mol. The van der Waals surface area contributed by atoms with E-state index in [0.29, 0.717) is 13.0 Å². The van der Waals surface area contributed by atoms with Crippen molar-refractivity contribution < 1.29 is 37.1 Å². The summed E-state index contributed by atoms with van der Waals surface area (Å²) in [6.07, 6.45) is -3.74. The van der Waals surface area contributed by atoms with E-state index in [-0.39, 0.29) is 24.7 Å². The average Bonchev–Trinajstić information content (AvgIpc) is 2.55. The minimum Gasteiger partial charge on any atom is -0.385 e. The second-order valence-corrected chi connectivity index (χ2v) is 6.28. The van der Waals surface area contributed by atoms with Crippen molar-refractivity contribution in [1.82, 2.24) is 16.0 Å². The molecule has 0 aromatic heterocycles. The number of amides is 3. The van der Waals surface area contributed by atoms with Crippen LogP contribution in [0.25, 0.3) is 0 Å². The van der Waals surface area contributed by atoms with Gasteiger partial charge in [0.05, 0.1) is 6.54 Å². The van der Waals surface area contributed by atoms with Crippen LogP contribution in [0.1, 0.15) is 33.1 Å². The van der Waals surface area contributed by atoms with Crippen molar-refractivity contribution >= 4 is 23.5 Å². The lowest BCUT2D eigenvalue weighted by molar-refractivity contribution is -0.145. The molecule has 0 fully saturated rings. The molecule has 3 amide bonds. The van der Waals surface area contributed by atoms with E-state index < -0.39 is 42.9 Å². The quantitative estimate of drug-likeness (QED) is 0.324. The third-order valence-corrected chi connectivity index (χ3v) is 3.24. The fraction of sp³-hybridized carbons (Fsp3) is 0.750. The number of ketones is 1. The normalized spacial score (nSPS) is 12.4. The summed E-state index contributed by atoms with van der Waals surface area (Å²) in [5.74, 6) is -3.69. The van der Waals surface area contributed by atoms with Gasteiger partial charge in [0, 0.05) is 20.1 Å². The Morgan fingerprint density at radius 3 is 2.22 bits per heavy atom. The lowest BCUT2D eigenvalue weighted by Crippen LogP contribution is -2.50. The van der Waals surface area contributed by atoms with Crippen molar-refractivity contribution in [2.24, 2.45) is 5.92 Å². The predicted molar refractivity (Wildman–Crippen MR) is 89.6 cm³/mol. The third-order valence-electron chi connectivity index (χ3n) is 3.24. The molecule has 0 heterocycles. The van der Waals surface area contributed by atoms with Crippen LogP contribution in [0.2, 0.25) is 0 Å². The predicted octanol–water partition coefficient (Wildman–Crippen LogP) is 0.308. The van der Waals surface area contributed by atoms with Gasteiger partial charge >= 0.3 is 6.18 Å². The number of alkyl halides is 3. The topological polar surface area (TPSA) is 114 Å². The van der Waals surface area contributed by atoms with Crippen LogP contribution in [0.15, 0.2) is 0 Å². The van der Waals surface area contributed by atoms with Crippen molar-refractivity contribution in [2.45, 2.75) is 45.3 Å². The van der Waals surface area contributed by atoms with Crippen molar-refractivity contribution in [1.29, 1.82) is 0 Å². The van der Waals surface area contributed by atoms with Gasteiger partial charge in [0.2, 0.25) is 17.6 Å². The van der Waals surface area contributed by atoms with Gasteiger partial charge < -0.3 is 20.7 Å². The van der Waals surface area contributed by atoms with Crippen molar-refractivity contribution in [3.05, 3.63) is 0 Å². The summed E-state index contributed by atoms with van der Waals surface area (Å²) in [4.78, 5) is 46.8. The second kappa shape index (κ2) is 12.3. The number of Topliss-reactive ketones (excluding diaryl/α,β-unsaturated/α-hetero) is 1. The van der Waals surface area contributed by atoms with Crippen molar-refractivity contribution in [2.75, 3.05) is 26.8 Å². The van der Waals surface area contributed by atoms with Crippen LogP contribution in [-0.2, 0) is 23.9 Å². The Bertz CT molecular complexity index is 524. The molecule has 0 spiro atoms. The lowest BCUT2D eigenvalue weighted by Gasteiger charge is -2.20. The van der Waals surface area contributed by atoms with E-state index in [1.165, 1.54) is 12.4 Å². The van der Waals surface area contributed by atoms with Crippen LogP contribution >= 0.6 is 0 Å². The highest BCUT2D eigenvalue weighted by molar-refractivity contribution is 6.37. The van der Waals surface area contributed by atoms with Gasteiger partial charge in [-0.3, -0.25) is 19.2 Å². The van der Waals surface area contributed by atoms with E-state index in [4.69, 9.17) is 4.74 Å². The van der Waals surface area contributed by atoms with E-state index in [9.17, 15) is 32.3 Å². The molecular formula is C16H26F3N3O5. The van der Waals surface area contributed by atoms with Crippen LogP contribution in [-0.4, -0.2) is 62.5 Å². The monoisotopic (exact) mass is 397 g/mol. The number of rotatable bonds is 12. The minimum atomic E-state index is -4.64. The molecule has 0 bridgehead atoms. The summed E-state index contributed by atoms with van der Waals surface area (Å²) in [5, 5.41) is 6.13. The van der Waals surface area contributed by atoms with Crippen LogP contribution in [0, 0.1) is 5.92 Å². The SMILES string of the molecule is COCCCC(=O)NC(CC(C)C)C(=O)NCC(=O)C(=O)NCC(F)(F)F. The van der Waals surface area contributed by atoms with Crippen LogP contribution < -0.4 is 16.0 Å². The number of hydrogen-bond donors (Lipinski definition) is 3. The highest BCUT2D eigenvalue weighted by Crippen LogP contribution is 2.12. The molecule has 11 heteroatoms. The highest BCUT2D eigenvalue weighted by atomic mass is 19.4. The zero-order chi connectivity index (χ0) is 21.0. The number of carbonyl (C=O) groups excluding carboxylic acids is 4. The maximum atomic E-state index is 12.2. The Balaban J connectivity index is 4.56. The Kier molecular flexibility index (Phi) is 11.3. The summed E-state index contributed by atoms with van der Waals surface area (Å²) in [6.45, 7) is 1.63. The first kappa shape index (κ1) is 24.8. The number of carbonyl (C=O) groups is 4. The molecule has 156 valence electrons. The van der Waals surface area contributed by atoms with E-state index in [0.717, 1.165) is 0 Å². The van der Waals surface area contributed by atoms with Gasteiger partial charge in [-0.1, -0.05) is 13.8 Å². The molecule has 0 aliphatic carbocycles. The molecule has 8 nitrogen and oxygen atoms in total. The van der Waals surface area contributed by atoms with Gasteiger partial charge in [-0.25, -0.2) is 0 Å². The molecule has 1 atom stereocenters. The summed E-state index contributed by atoms with van der Waals surface area (Å²) in [6, 6.07) is -0.925. The van der Waals surface area contributed by atoms with Crippen molar-refractivity contribution in [3.8, 4) is 0 Å². The van der Waals surface area contributed by atoms with E-state index in [2.05, 4.69) is 10.6 Å². The zero-order valence-electron chi connectivity index (χ0n) is 15.6. The molecule has 1 unspecified atom stereocenters. The Labute approximate surface area is 155 Å². The number of hydrogen-bond acceptors (Lipinski definition) is 5. The molecule has 27 heavy (non-hydrogen) atoms. The fourth-order valence-corrected chi connectivity index (χ4v) is 2.00. The molecule has 0 aliphatic rings. The second-order valence-electron chi connectivity index (χ2n) is 6.28. The smallest absolute Gasteiger partial charge is 0.385 e. The highest BCUT2D eigenvalue weighted by Gasteiger charge is 2.29. The first-order chi connectivity index (χ1) is 12.5. The number of halogens is 3. The Hall–Kier alpha value is -2.17. The standard InChI is InChI=1S/C16H26F3N3O5/c1-10(2)7-11(22-13(24)5-4-6-27-3)14(25)20-8-12(23)15(26)21-9-16(17,18)19/h10-11H,4-9H2,1-3H3,(H,20,25)(H,21,26)(H,22,24). The Morgan fingerprint density at radius 1 is 1.07 bits per heavy atom. The van der Waals surface area contributed by atoms with Crippen molar-refractivity contribution in [3.63, 3.8) is 0 Å². The first-order valence-electron chi connectivity index (χ1n) is 8.40. The number of nitrogens with one attached hydrogen (secondary N) is 3. The van der Waals surface area contributed by atoms with E-state index in [1.807, 2.05) is 13.8 Å². The Morgan fingerprint density at radius 2 is 1.70 bits per heavy atom. The lowest BCUT2D eigenvalue weighted by atomic mass is 10.0. The van der Waals surface area contributed by atoms with Crippen LogP contribution in [0.3, 0.4) is 0 Å². The summed E-state index contributed by atoms with van der Waals surface area (Å²) >= 11 is 0. The van der Waals surface area contributed by atoms with Gasteiger partial charge in [-0.05, 0) is 18.8 Å². The summed E-state index contributed by atoms with van der Waals surface area (Å²) < 4.78 is 40.9. The molecule has 0 saturated carbocycles. The van der Waals surface area contributed by atoms with E-state index >= 15 is 0 Å². The van der Waals surface area contributed by atoms with E-state index in [1.54, 1.807) is 0 Å². The molecule has 0 aromatic carbocycles. The van der Waals surface area contributed by atoms with Gasteiger partial charge in [0.25, 0.3) is 5.91 Å².